The van der Waals surface area contributed by atoms with Crippen LogP contribution in [-0.2, 0) is 0 Å². The summed E-state index contributed by atoms with van der Waals surface area (Å²) in [5, 5.41) is 3.07. The molecule has 0 bridgehead atoms. The number of carbonyl (C=O) groups excluding carboxylic acids is 3. The Morgan fingerprint density at radius 3 is 2.45 bits per heavy atom. The SMILES string of the molecule is CCCCN1C(=O)c2ccc(C(=O)NC[C@@H](c3ccccc3)[NH+]3CCCC3)cc2C1=O. The van der Waals surface area contributed by atoms with Crippen molar-refractivity contribution in [1.29, 1.82) is 0 Å². The summed E-state index contributed by atoms with van der Waals surface area (Å²) in [5.74, 6) is -0.774. The standard InChI is InChI=1S/C25H29N3O3/c1-2-3-15-28-24(30)20-12-11-19(16-21(20)25(28)31)23(29)26-17-22(27-13-7-8-14-27)18-9-5-4-6-10-18/h4-6,9-12,16,22H,2-3,7-8,13-15,17H2,1H3,(H,26,29)/p+1/t22-/m0/s1. The van der Waals surface area contributed by atoms with Crippen molar-refractivity contribution >= 4 is 17.7 Å². The van der Waals surface area contributed by atoms with Gasteiger partial charge in [0.05, 0.1) is 30.8 Å². The number of quaternary nitrogens is 1. The lowest BCUT2D eigenvalue weighted by Gasteiger charge is -2.25. The van der Waals surface area contributed by atoms with E-state index < -0.39 is 0 Å². The van der Waals surface area contributed by atoms with Crippen molar-refractivity contribution in [3.63, 3.8) is 0 Å². The summed E-state index contributed by atoms with van der Waals surface area (Å²) in [4.78, 5) is 40.9. The molecule has 31 heavy (non-hydrogen) atoms. The molecule has 6 nitrogen and oxygen atoms in total. The summed E-state index contributed by atoms with van der Waals surface area (Å²) in [5.41, 5.74) is 2.36. The van der Waals surface area contributed by atoms with E-state index in [-0.39, 0.29) is 23.8 Å². The molecule has 0 saturated carbocycles. The number of carbonyl (C=O) groups is 3. The van der Waals surface area contributed by atoms with E-state index in [9.17, 15) is 14.4 Å². The van der Waals surface area contributed by atoms with Crippen molar-refractivity contribution in [1.82, 2.24) is 10.2 Å². The molecule has 2 aromatic rings. The predicted octanol–water partition coefficient (Wildman–Crippen LogP) is 2.23. The smallest absolute Gasteiger partial charge is 0.261 e. The summed E-state index contributed by atoms with van der Waals surface area (Å²) < 4.78 is 0. The van der Waals surface area contributed by atoms with Gasteiger partial charge in [0.15, 0.2) is 0 Å². The van der Waals surface area contributed by atoms with Crippen LogP contribution in [0.5, 0.6) is 0 Å². The van der Waals surface area contributed by atoms with Gasteiger partial charge in [0, 0.05) is 30.5 Å². The van der Waals surface area contributed by atoms with Gasteiger partial charge in [-0.05, 0) is 24.6 Å². The van der Waals surface area contributed by atoms with Crippen molar-refractivity contribution in [2.24, 2.45) is 0 Å². The van der Waals surface area contributed by atoms with Crippen LogP contribution in [0.2, 0.25) is 0 Å². The Morgan fingerprint density at radius 2 is 1.74 bits per heavy atom. The first-order chi connectivity index (χ1) is 15.1. The average molecular weight is 421 g/mol. The summed E-state index contributed by atoms with van der Waals surface area (Å²) in [6.07, 6.45) is 4.10. The van der Waals surface area contributed by atoms with E-state index >= 15 is 0 Å². The van der Waals surface area contributed by atoms with E-state index in [4.69, 9.17) is 0 Å². The highest BCUT2D eigenvalue weighted by Gasteiger charge is 2.35. The number of likely N-dealkylation sites (tertiary alicyclic amines) is 1. The second kappa shape index (κ2) is 9.43. The molecule has 162 valence electrons. The van der Waals surface area contributed by atoms with E-state index in [1.165, 1.54) is 28.2 Å². The number of imide groups is 1. The van der Waals surface area contributed by atoms with Gasteiger partial charge >= 0.3 is 0 Å². The first-order valence-corrected chi connectivity index (χ1v) is 11.3. The Bertz CT molecular complexity index is 967. The van der Waals surface area contributed by atoms with Gasteiger partial charge in [-0.3, -0.25) is 19.3 Å². The zero-order chi connectivity index (χ0) is 21.8. The van der Waals surface area contributed by atoms with Crippen LogP contribution in [0.25, 0.3) is 0 Å². The van der Waals surface area contributed by atoms with Gasteiger partial charge < -0.3 is 10.2 Å². The number of nitrogens with zero attached hydrogens (tertiary/aromatic N) is 1. The molecule has 2 aliphatic heterocycles. The number of benzene rings is 2. The minimum absolute atomic E-state index is 0.204. The number of unbranched alkanes of at least 4 members (excludes halogenated alkanes) is 1. The molecular weight excluding hydrogens is 390 g/mol. The third kappa shape index (κ3) is 4.39. The summed E-state index contributed by atoms with van der Waals surface area (Å²) >= 11 is 0. The molecule has 2 N–H and O–H groups in total. The van der Waals surface area contributed by atoms with E-state index in [0.29, 0.717) is 29.8 Å². The van der Waals surface area contributed by atoms with Crippen molar-refractivity contribution in [3.8, 4) is 0 Å². The van der Waals surface area contributed by atoms with Crippen LogP contribution in [-0.4, -0.2) is 48.8 Å². The molecule has 0 radical (unpaired) electrons. The Morgan fingerprint density at radius 1 is 1.03 bits per heavy atom. The highest BCUT2D eigenvalue weighted by atomic mass is 16.2. The Hall–Kier alpha value is -2.99. The molecular formula is C25H30N3O3+. The largest absolute Gasteiger partial charge is 0.346 e. The van der Waals surface area contributed by atoms with Gasteiger partial charge in [-0.25, -0.2) is 0 Å². The number of amides is 3. The van der Waals surface area contributed by atoms with Crippen LogP contribution in [0.15, 0.2) is 48.5 Å². The topological polar surface area (TPSA) is 70.9 Å². The van der Waals surface area contributed by atoms with Crippen LogP contribution in [0.4, 0.5) is 0 Å². The maximum Gasteiger partial charge on any atom is 0.261 e. The molecule has 1 fully saturated rings. The summed E-state index contributed by atoms with van der Waals surface area (Å²) in [6, 6.07) is 15.3. The van der Waals surface area contributed by atoms with Crippen LogP contribution in [0, 0.1) is 0 Å². The van der Waals surface area contributed by atoms with E-state index in [2.05, 4.69) is 17.4 Å². The zero-order valence-corrected chi connectivity index (χ0v) is 18.0. The molecule has 1 atom stereocenters. The first kappa shape index (κ1) is 21.2. The molecule has 0 unspecified atom stereocenters. The first-order valence-electron chi connectivity index (χ1n) is 11.3. The van der Waals surface area contributed by atoms with Crippen LogP contribution in [0.1, 0.15) is 75.3 Å². The third-order valence-electron chi connectivity index (χ3n) is 6.38. The molecule has 0 spiro atoms. The molecule has 1 saturated heterocycles. The lowest BCUT2D eigenvalue weighted by Crippen LogP contribution is -3.11. The quantitative estimate of drug-likeness (QED) is 0.644. The van der Waals surface area contributed by atoms with Crippen LogP contribution >= 0.6 is 0 Å². The fourth-order valence-corrected chi connectivity index (χ4v) is 4.61. The predicted molar refractivity (Wildman–Crippen MR) is 118 cm³/mol. The molecule has 0 aliphatic carbocycles. The number of rotatable bonds is 8. The lowest BCUT2D eigenvalue weighted by molar-refractivity contribution is -0.918. The van der Waals surface area contributed by atoms with E-state index in [1.54, 1.807) is 18.2 Å². The monoisotopic (exact) mass is 420 g/mol. The van der Waals surface area contributed by atoms with Crippen LogP contribution in [0.3, 0.4) is 0 Å². The Kier molecular flexibility index (Phi) is 6.47. The second-order valence-corrected chi connectivity index (χ2v) is 8.41. The van der Waals surface area contributed by atoms with Gasteiger partial charge in [0.1, 0.15) is 6.04 Å². The van der Waals surface area contributed by atoms with Crippen molar-refractivity contribution in [2.45, 2.75) is 38.6 Å². The van der Waals surface area contributed by atoms with Crippen molar-refractivity contribution in [3.05, 3.63) is 70.8 Å². The lowest BCUT2D eigenvalue weighted by atomic mass is 10.0. The highest BCUT2D eigenvalue weighted by molar-refractivity contribution is 6.22. The fourth-order valence-electron chi connectivity index (χ4n) is 4.61. The van der Waals surface area contributed by atoms with E-state index in [0.717, 1.165) is 25.9 Å². The number of hydrogen-bond acceptors (Lipinski definition) is 3. The Balaban J connectivity index is 1.47. The second-order valence-electron chi connectivity index (χ2n) is 8.41. The van der Waals surface area contributed by atoms with Crippen molar-refractivity contribution in [2.75, 3.05) is 26.2 Å². The van der Waals surface area contributed by atoms with Crippen molar-refractivity contribution < 1.29 is 19.3 Å². The molecule has 2 aromatic carbocycles. The minimum atomic E-state index is -0.299. The normalized spacial score (nSPS) is 17.1. The number of fused-ring (bicyclic) bond motifs is 1. The molecule has 2 aliphatic rings. The molecule has 0 aromatic heterocycles. The summed E-state index contributed by atoms with van der Waals surface area (Å²) in [6.45, 7) is 5.19. The molecule has 4 rings (SSSR count). The van der Waals surface area contributed by atoms with Gasteiger partial charge in [-0.1, -0.05) is 43.7 Å². The minimum Gasteiger partial charge on any atom is -0.346 e. The Labute approximate surface area is 183 Å². The molecule has 3 amide bonds. The zero-order valence-electron chi connectivity index (χ0n) is 18.0. The number of nitrogens with one attached hydrogen (secondary N) is 2. The van der Waals surface area contributed by atoms with Gasteiger partial charge in [-0.2, -0.15) is 0 Å². The van der Waals surface area contributed by atoms with Gasteiger partial charge in [0.25, 0.3) is 17.7 Å². The van der Waals surface area contributed by atoms with Gasteiger partial charge in [0.2, 0.25) is 0 Å². The van der Waals surface area contributed by atoms with E-state index in [1.807, 2.05) is 25.1 Å². The van der Waals surface area contributed by atoms with Gasteiger partial charge in [-0.15, -0.1) is 0 Å². The molecule has 6 heteroatoms. The third-order valence-corrected chi connectivity index (χ3v) is 6.38. The fraction of sp³-hybridized carbons (Fsp3) is 0.400. The average Bonchev–Trinajstić information content (AvgIpc) is 3.41. The van der Waals surface area contributed by atoms with Crippen LogP contribution < -0.4 is 10.2 Å². The summed E-state index contributed by atoms with van der Waals surface area (Å²) in [7, 11) is 0. The number of hydrogen-bond donors (Lipinski definition) is 2. The highest BCUT2D eigenvalue weighted by Crippen LogP contribution is 2.24. The molecule has 2 heterocycles. The maximum absolute atomic E-state index is 12.9. The maximum atomic E-state index is 12.9.